The molecule has 0 aliphatic carbocycles. The van der Waals surface area contributed by atoms with Gasteiger partial charge in [0.25, 0.3) is 0 Å². The molecular weight excluding hydrogens is 270 g/mol. The maximum atomic E-state index is 5.16. The van der Waals surface area contributed by atoms with Gasteiger partial charge < -0.3 is 4.74 Å². The average molecular weight is 278 g/mol. The molecule has 3 rings (SSSR count). The second-order valence-electron chi connectivity index (χ2n) is 3.39. The Bertz CT molecular complexity index is 677. The lowest BCUT2D eigenvalue weighted by Crippen LogP contribution is -1.87. The Labute approximate surface area is 100 Å². The molecule has 0 saturated carbocycles. The highest BCUT2D eigenvalue weighted by molar-refractivity contribution is 9.10. The number of imidazole rings is 1. The van der Waals surface area contributed by atoms with Gasteiger partial charge in [-0.1, -0.05) is 0 Å². The molecule has 0 radical (unpaired) electrons. The molecule has 0 N–H and O–H groups in total. The molecule has 0 aliphatic rings. The third kappa shape index (κ3) is 1.36. The van der Waals surface area contributed by atoms with E-state index in [1.165, 1.54) is 0 Å². The van der Waals surface area contributed by atoms with Crippen LogP contribution in [0.25, 0.3) is 16.8 Å². The number of halogens is 1. The van der Waals surface area contributed by atoms with Gasteiger partial charge in [0, 0.05) is 12.3 Å². The van der Waals surface area contributed by atoms with E-state index >= 15 is 0 Å². The molecule has 3 aromatic rings. The van der Waals surface area contributed by atoms with Crippen LogP contribution in [0.5, 0.6) is 5.75 Å². The topological polar surface area (TPSA) is 39.4 Å². The number of nitrogens with zero attached hydrogens (tertiary/aromatic N) is 3. The Morgan fingerprint density at radius 1 is 1.25 bits per heavy atom. The summed E-state index contributed by atoms with van der Waals surface area (Å²) in [5.74, 6) is 1.48. The number of aromatic nitrogens is 3. The number of rotatable bonds is 1. The Hall–Kier alpha value is -1.62. The summed E-state index contributed by atoms with van der Waals surface area (Å²) in [6.45, 7) is 0. The van der Waals surface area contributed by atoms with E-state index in [0.717, 1.165) is 21.4 Å². The Kier molecular flexibility index (Phi) is 2.07. The fourth-order valence-electron chi connectivity index (χ4n) is 1.69. The van der Waals surface area contributed by atoms with Crippen LogP contribution >= 0.6 is 15.9 Å². The number of fused-ring (bicyclic) bond motifs is 3. The zero-order valence-corrected chi connectivity index (χ0v) is 10.1. The van der Waals surface area contributed by atoms with E-state index in [9.17, 15) is 0 Å². The summed E-state index contributed by atoms with van der Waals surface area (Å²) < 4.78 is 7.89. The van der Waals surface area contributed by atoms with Crippen molar-refractivity contribution in [2.75, 3.05) is 7.11 Å². The highest BCUT2D eigenvalue weighted by atomic mass is 79.9. The quantitative estimate of drug-likeness (QED) is 0.642. The first kappa shape index (κ1) is 9.59. The van der Waals surface area contributed by atoms with Crippen LogP contribution in [0.4, 0.5) is 0 Å². The van der Waals surface area contributed by atoms with Crippen LogP contribution in [0.1, 0.15) is 0 Å². The van der Waals surface area contributed by atoms with Crippen molar-refractivity contribution >= 4 is 32.7 Å². The molecule has 0 spiro atoms. The van der Waals surface area contributed by atoms with Gasteiger partial charge in [-0.25, -0.2) is 9.97 Å². The first-order valence-corrected chi connectivity index (χ1v) is 5.55. The molecule has 0 aliphatic heterocycles. The molecule has 1 aromatic carbocycles. The number of methoxy groups -OCH3 is 1. The van der Waals surface area contributed by atoms with Crippen LogP contribution in [0, 0.1) is 0 Å². The fourth-order valence-corrected chi connectivity index (χ4v) is 1.96. The van der Waals surface area contributed by atoms with Gasteiger partial charge in [0.15, 0.2) is 0 Å². The third-order valence-electron chi connectivity index (χ3n) is 2.45. The Morgan fingerprint density at radius 2 is 2.12 bits per heavy atom. The fraction of sp³-hybridized carbons (Fsp3) is 0.0909. The summed E-state index contributed by atoms with van der Waals surface area (Å²) in [5, 5.41) is 0. The zero-order chi connectivity index (χ0) is 11.1. The third-order valence-corrected chi connectivity index (χ3v) is 2.89. The molecule has 5 heteroatoms. The summed E-state index contributed by atoms with van der Waals surface area (Å²) in [6, 6.07) is 7.68. The van der Waals surface area contributed by atoms with E-state index in [4.69, 9.17) is 4.74 Å². The molecule has 0 atom stereocenters. The van der Waals surface area contributed by atoms with Crippen molar-refractivity contribution in [1.29, 1.82) is 0 Å². The second kappa shape index (κ2) is 3.45. The van der Waals surface area contributed by atoms with Crippen molar-refractivity contribution in [3.8, 4) is 5.75 Å². The van der Waals surface area contributed by atoms with E-state index in [2.05, 4.69) is 25.9 Å². The number of benzene rings is 1. The van der Waals surface area contributed by atoms with E-state index < -0.39 is 0 Å². The minimum atomic E-state index is 0.678. The first-order chi connectivity index (χ1) is 7.78. The SMILES string of the molecule is COc1ccc2c(c1)nc1nc(Br)ccn12. The normalized spacial score (nSPS) is 11.1. The summed E-state index contributed by atoms with van der Waals surface area (Å²) in [5.41, 5.74) is 1.90. The smallest absolute Gasteiger partial charge is 0.235 e. The molecule has 0 unspecified atom stereocenters. The lowest BCUT2D eigenvalue weighted by Gasteiger charge is -1.98. The molecule has 2 aromatic heterocycles. The molecule has 0 amide bonds. The van der Waals surface area contributed by atoms with E-state index in [0.29, 0.717) is 5.78 Å². The molecule has 4 nitrogen and oxygen atoms in total. The minimum Gasteiger partial charge on any atom is -0.497 e. The van der Waals surface area contributed by atoms with E-state index in [-0.39, 0.29) is 0 Å². The average Bonchev–Trinajstić information content (AvgIpc) is 2.64. The van der Waals surface area contributed by atoms with E-state index in [1.807, 2.05) is 34.9 Å². The maximum absolute atomic E-state index is 5.16. The highest BCUT2D eigenvalue weighted by Gasteiger charge is 2.06. The summed E-state index contributed by atoms with van der Waals surface area (Å²) in [7, 11) is 1.64. The summed E-state index contributed by atoms with van der Waals surface area (Å²) in [6.07, 6.45) is 1.94. The van der Waals surface area contributed by atoms with Crippen LogP contribution in [-0.4, -0.2) is 21.5 Å². The maximum Gasteiger partial charge on any atom is 0.235 e. The van der Waals surface area contributed by atoms with Crippen LogP contribution in [0.15, 0.2) is 35.1 Å². The standard InChI is InChI=1S/C11H8BrN3O/c1-16-7-2-3-9-8(6-7)13-11-14-10(12)4-5-15(9)11/h2-6H,1H3. The van der Waals surface area contributed by atoms with Gasteiger partial charge in [-0.05, 0) is 34.1 Å². The van der Waals surface area contributed by atoms with Crippen molar-refractivity contribution in [2.45, 2.75) is 0 Å². The van der Waals surface area contributed by atoms with Crippen molar-refractivity contribution in [2.24, 2.45) is 0 Å². The molecule has 0 fully saturated rings. The largest absolute Gasteiger partial charge is 0.497 e. The molecule has 16 heavy (non-hydrogen) atoms. The van der Waals surface area contributed by atoms with Gasteiger partial charge >= 0.3 is 0 Å². The van der Waals surface area contributed by atoms with Crippen molar-refractivity contribution in [1.82, 2.24) is 14.4 Å². The first-order valence-electron chi connectivity index (χ1n) is 4.76. The number of hydrogen-bond donors (Lipinski definition) is 0. The van der Waals surface area contributed by atoms with Crippen molar-refractivity contribution < 1.29 is 4.74 Å². The van der Waals surface area contributed by atoms with Crippen molar-refractivity contribution in [3.05, 3.63) is 35.1 Å². The van der Waals surface area contributed by atoms with Gasteiger partial charge in [-0.15, -0.1) is 0 Å². The highest BCUT2D eigenvalue weighted by Crippen LogP contribution is 2.21. The van der Waals surface area contributed by atoms with Gasteiger partial charge in [-0.2, -0.15) is 0 Å². The van der Waals surface area contributed by atoms with Crippen LogP contribution in [-0.2, 0) is 0 Å². The van der Waals surface area contributed by atoms with Gasteiger partial charge in [0.05, 0.1) is 18.1 Å². The Balaban J connectivity index is 2.40. The lowest BCUT2D eigenvalue weighted by atomic mass is 10.3. The van der Waals surface area contributed by atoms with Crippen LogP contribution in [0.2, 0.25) is 0 Å². The molecule has 0 bridgehead atoms. The van der Waals surface area contributed by atoms with Gasteiger partial charge in [0.2, 0.25) is 5.78 Å². The summed E-state index contributed by atoms with van der Waals surface area (Å²) in [4.78, 5) is 8.72. The van der Waals surface area contributed by atoms with Crippen molar-refractivity contribution in [3.63, 3.8) is 0 Å². The Morgan fingerprint density at radius 3 is 2.94 bits per heavy atom. The van der Waals surface area contributed by atoms with Gasteiger partial charge in [-0.3, -0.25) is 4.40 Å². The molecule has 2 heterocycles. The zero-order valence-electron chi connectivity index (χ0n) is 8.51. The molecule has 80 valence electrons. The predicted octanol–water partition coefficient (Wildman–Crippen LogP) is 2.65. The number of ether oxygens (including phenoxy) is 1. The predicted molar refractivity (Wildman–Crippen MR) is 64.7 cm³/mol. The molecule has 0 saturated heterocycles. The number of hydrogen-bond acceptors (Lipinski definition) is 3. The second-order valence-corrected chi connectivity index (χ2v) is 4.20. The van der Waals surface area contributed by atoms with Crippen LogP contribution in [0.3, 0.4) is 0 Å². The van der Waals surface area contributed by atoms with Gasteiger partial charge in [0.1, 0.15) is 10.4 Å². The van der Waals surface area contributed by atoms with E-state index in [1.54, 1.807) is 7.11 Å². The summed E-state index contributed by atoms with van der Waals surface area (Å²) >= 11 is 3.33. The van der Waals surface area contributed by atoms with Crippen LogP contribution < -0.4 is 4.74 Å². The monoisotopic (exact) mass is 277 g/mol. The lowest BCUT2D eigenvalue weighted by molar-refractivity contribution is 0.415. The minimum absolute atomic E-state index is 0.678. The molecular formula is C11H8BrN3O.